The summed E-state index contributed by atoms with van der Waals surface area (Å²) in [7, 11) is 0. The van der Waals surface area contributed by atoms with Crippen LogP contribution in [0.2, 0.25) is 0 Å². The number of nitrogens with one attached hydrogen (secondary N) is 1. The Morgan fingerprint density at radius 3 is 2.92 bits per heavy atom. The standard InChI is InChI=1S/C19H27F2N3OS/c1-12-3-2-4-13(9-12)15-5-7-19(20,21)11-16(15)18(25)24-14-6-8-23-17(10-14)26-22/h6,8,10,12-13,15-16H,2-5,7,9,11,22H2,1H3,(H,23,24,25)/t12-,13?,15+,16-/m1/s1. The predicted octanol–water partition coefficient (Wildman–Crippen LogP) is 4.86. The number of nitrogens with zero attached hydrogens (tertiary/aromatic N) is 1. The van der Waals surface area contributed by atoms with Crippen molar-refractivity contribution < 1.29 is 13.6 Å². The van der Waals surface area contributed by atoms with Gasteiger partial charge in [0.2, 0.25) is 11.8 Å². The Bertz CT molecular complexity index is 643. The molecule has 0 radical (unpaired) electrons. The van der Waals surface area contributed by atoms with E-state index >= 15 is 0 Å². The van der Waals surface area contributed by atoms with Crippen LogP contribution in [0.4, 0.5) is 14.5 Å². The zero-order chi connectivity index (χ0) is 18.7. The van der Waals surface area contributed by atoms with Gasteiger partial charge in [-0.3, -0.25) is 9.93 Å². The molecule has 0 aliphatic heterocycles. The summed E-state index contributed by atoms with van der Waals surface area (Å²) in [5, 5.41) is 8.90. The van der Waals surface area contributed by atoms with E-state index in [9.17, 15) is 13.6 Å². The monoisotopic (exact) mass is 383 g/mol. The summed E-state index contributed by atoms with van der Waals surface area (Å²) in [6, 6.07) is 3.33. The second kappa shape index (κ2) is 8.21. The van der Waals surface area contributed by atoms with Crippen molar-refractivity contribution in [1.29, 1.82) is 0 Å². The number of carbonyl (C=O) groups excluding carboxylic acids is 1. The Balaban J connectivity index is 1.76. The van der Waals surface area contributed by atoms with E-state index in [0.717, 1.165) is 31.2 Å². The highest BCUT2D eigenvalue weighted by Gasteiger charge is 2.47. The smallest absolute Gasteiger partial charge is 0.248 e. The molecule has 1 aromatic heterocycles. The maximum Gasteiger partial charge on any atom is 0.248 e. The first-order chi connectivity index (χ1) is 12.4. The first-order valence-corrected chi connectivity index (χ1v) is 10.3. The minimum atomic E-state index is -2.75. The Labute approximate surface area is 157 Å². The van der Waals surface area contributed by atoms with E-state index in [-0.39, 0.29) is 24.7 Å². The molecule has 4 atom stereocenters. The van der Waals surface area contributed by atoms with E-state index in [1.165, 1.54) is 6.42 Å². The molecule has 0 aromatic carbocycles. The van der Waals surface area contributed by atoms with Crippen molar-refractivity contribution in [3.05, 3.63) is 18.3 Å². The van der Waals surface area contributed by atoms with Crippen LogP contribution in [0.25, 0.3) is 0 Å². The summed E-state index contributed by atoms with van der Waals surface area (Å²) in [6.07, 6.45) is 5.97. The third-order valence-corrected chi connectivity index (χ3v) is 6.39. The molecule has 3 N–H and O–H groups in total. The number of anilines is 1. The van der Waals surface area contributed by atoms with E-state index in [2.05, 4.69) is 17.2 Å². The fourth-order valence-corrected chi connectivity index (χ4v) is 4.98. The van der Waals surface area contributed by atoms with Crippen molar-refractivity contribution in [2.75, 3.05) is 5.32 Å². The number of carbonyl (C=O) groups is 1. The zero-order valence-electron chi connectivity index (χ0n) is 15.1. The fraction of sp³-hybridized carbons (Fsp3) is 0.684. The van der Waals surface area contributed by atoms with Gasteiger partial charge in [0.1, 0.15) is 5.03 Å². The molecule has 0 saturated heterocycles. The zero-order valence-corrected chi connectivity index (χ0v) is 15.9. The molecule has 2 aliphatic rings. The lowest BCUT2D eigenvalue weighted by molar-refractivity contribution is -0.134. The molecule has 1 unspecified atom stereocenters. The van der Waals surface area contributed by atoms with Crippen molar-refractivity contribution in [1.82, 2.24) is 4.98 Å². The Kier molecular flexibility index (Phi) is 6.17. The van der Waals surface area contributed by atoms with Gasteiger partial charge in [0.05, 0.1) is 0 Å². The normalized spacial score (nSPS) is 31.4. The lowest BCUT2D eigenvalue weighted by Crippen LogP contribution is -2.43. The lowest BCUT2D eigenvalue weighted by atomic mass is 9.65. The van der Waals surface area contributed by atoms with E-state index < -0.39 is 11.8 Å². The number of hydrogen-bond donors (Lipinski definition) is 2. The first kappa shape index (κ1) is 19.5. The number of halogens is 2. The van der Waals surface area contributed by atoms with Gasteiger partial charge in [0.25, 0.3) is 0 Å². The molecule has 2 fully saturated rings. The summed E-state index contributed by atoms with van der Waals surface area (Å²) >= 11 is 0.986. The van der Waals surface area contributed by atoms with Crippen LogP contribution in [0.15, 0.2) is 23.4 Å². The van der Waals surface area contributed by atoms with Gasteiger partial charge in [-0.15, -0.1) is 0 Å². The van der Waals surface area contributed by atoms with Gasteiger partial charge in [0, 0.05) is 30.6 Å². The molecule has 3 rings (SSSR count). The molecule has 144 valence electrons. The van der Waals surface area contributed by atoms with E-state index in [0.29, 0.717) is 29.0 Å². The molecule has 1 amide bonds. The highest BCUT2D eigenvalue weighted by atomic mass is 32.2. The first-order valence-electron chi connectivity index (χ1n) is 9.39. The molecule has 2 aliphatic carbocycles. The SMILES string of the molecule is C[C@@H]1CCCC([C@@H]2CCC(F)(F)C[C@H]2C(=O)Nc2ccnc(SN)c2)C1. The molecule has 7 heteroatoms. The number of amides is 1. The van der Waals surface area contributed by atoms with Crippen molar-refractivity contribution in [3.8, 4) is 0 Å². The number of rotatable bonds is 4. The highest BCUT2D eigenvalue weighted by Crippen LogP contribution is 2.47. The predicted molar refractivity (Wildman–Crippen MR) is 99.8 cm³/mol. The molecule has 0 spiro atoms. The number of pyridine rings is 1. The minimum absolute atomic E-state index is 0.0440. The van der Waals surface area contributed by atoms with Crippen LogP contribution in [0.1, 0.15) is 51.9 Å². The molecule has 0 bridgehead atoms. The molecular weight excluding hydrogens is 356 g/mol. The van der Waals surface area contributed by atoms with Gasteiger partial charge in [0.15, 0.2) is 0 Å². The maximum atomic E-state index is 14.1. The fourth-order valence-electron chi connectivity index (χ4n) is 4.66. The van der Waals surface area contributed by atoms with Crippen LogP contribution in [0.3, 0.4) is 0 Å². The molecule has 4 nitrogen and oxygen atoms in total. The Hall–Kier alpha value is -1.21. The number of hydrogen-bond acceptors (Lipinski definition) is 4. The van der Waals surface area contributed by atoms with Crippen LogP contribution in [-0.4, -0.2) is 16.8 Å². The summed E-state index contributed by atoms with van der Waals surface area (Å²) in [4.78, 5) is 17.0. The van der Waals surface area contributed by atoms with Crippen molar-refractivity contribution in [2.45, 2.75) is 62.8 Å². The average Bonchev–Trinajstić information content (AvgIpc) is 2.61. The van der Waals surface area contributed by atoms with Gasteiger partial charge in [-0.25, -0.2) is 13.8 Å². The number of alkyl halides is 2. The van der Waals surface area contributed by atoms with E-state index in [1.54, 1.807) is 18.3 Å². The number of aromatic nitrogens is 1. The molecule has 2 saturated carbocycles. The summed E-state index contributed by atoms with van der Waals surface area (Å²) in [6.45, 7) is 2.22. The van der Waals surface area contributed by atoms with Gasteiger partial charge < -0.3 is 5.32 Å². The molecule has 26 heavy (non-hydrogen) atoms. The van der Waals surface area contributed by atoms with E-state index in [4.69, 9.17) is 5.14 Å². The average molecular weight is 384 g/mol. The van der Waals surface area contributed by atoms with Crippen LogP contribution < -0.4 is 10.5 Å². The molecular formula is C19H27F2N3OS. The van der Waals surface area contributed by atoms with Crippen LogP contribution >= 0.6 is 11.9 Å². The molecule has 1 aromatic rings. The summed E-state index contributed by atoms with van der Waals surface area (Å²) in [5.74, 6) is -2.66. The van der Waals surface area contributed by atoms with Gasteiger partial charge in [-0.1, -0.05) is 26.2 Å². The number of nitrogens with two attached hydrogens (primary N) is 1. The largest absolute Gasteiger partial charge is 0.326 e. The third-order valence-electron chi connectivity index (χ3n) is 5.92. The van der Waals surface area contributed by atoms with Crippen molar-refractivity contribution in [2.24, 2.45) is 28.8 Å². The van der Waals surface area contributed by atoms with Crippen LogP contribution in [-0.2, 0) is 4.79 Å². The third kappa shape index (κ3) is 4.74. The quantitative estimate of drug-likeness (QED) is 0.728. The second-order valence-electron chi connectivity index (χ2n) is 7.89. The summed E-state index contributed by atoms with van der Waals surface area (Å²) in [5.41, 5.74) is 0.558. The Morgan fingerprint density at radius 1 is 1.38 bits per heavy atom. The maximum absolute atomic E-state index is 14.1. The Morgan fingerprint density at radius 2 is 2.19 bits per heavy atom. The summed E-state index contributed by atoms with van der Waals surface area (Å²) < 4.78 is 28.2. The van der Waals surface area contributed by atoms with Gasteiger partial charge in [-0.05, 0) is 54.7 Å². The van der Waals surface area contributed by atoms with Gasteiger partial charge in [-0.2, -0.15) is 0 Å². The highest BCUT2D eigenvalue weighted by molar-refractivity contribution is 7.97. The van der Waals surface area contributed by atoms with Crippen LogP contribution in [0.5, 0.6) is 0 Å². The minimum Gasteiger partial charge on any atom is -0.326 e. The lowest BCUT2D eigenvalue weighted by Gasteiger charge is -2.42. The van der Waals surface area contributed by atoms with Crippen molar-refractivity contribution in [3.63, 3.8) is 0 Å². The van der Waals surface area contributed by atoms with E-state index in [1.807, 2.05) is 0 Å². The van der Waals surface area contributed by atoms with Gasteiger partial charge >= 0.3 is 0 Å². The second-order valence-corrected chi connectivity index (χ2v) is 8.54. The van der Waals surface area contributed by atoms with Crippen molar-refractivity contribution >= 4 is 23.5 Å². The topological polar surface area (TPSA) is 68.0 Å². The molecule has 1 heterocycles. The van der Waals surface area contributed by atoms with Crippen LogP contribution in [0, 0.1) is 23.7 Å².